The van der Waals surface area contributed by atoms with Crippen LogP contribution in [0.25, 0.3) is 0 Å². The number of nitrogens with one attached hydrogen (secondary N) is 2. The van der Waals surface area contributed by atoms with E-state index in [0.29, 0.717) is 12.0 Å². The summed E-state index contributed by atoms with van der Waals surface area (Å²) in [6.45, 7) is 4.25. The molecule has 3 amide bonds. The number of rotatable bonds is 2. The van der Waals surface area contributed by atoms with E-state index in [1.165, 1.54) is 6.42 Å². The summed E-state index contributed by atoms with van der Waals surface area (Å²) in [4.78, 5) is 34.1. The van der Waals surface area contributed by atoms with E-state index in [9.17, 15) is 14.4 Å². The van der Waals surface area contributed by atoms with Gasteiger partial charge in [-0.15, -0.1) is 0 Å². The lowest BCUT2D eigenvalue weighted by Gasteiger charge is -2.21. The van der Waals surface area contributed by atoms with E-state index < -0.39 is 11.9 Å². The molecule has 1 unspecified atom stereocenters. The van der Waals surface area contributed by atoms with E-state index in [-0.39, 0.29) is 21.1 Å². The van der Waals surface area contributed by atoms with E-state index in [4.69, 9.17) is 0 Å². The maximum atomic E-state index is 11.8. The van der Waals surface area contributed by atoms with Crippen LogP contribution in [0.5, 0.6) is 0 Å². The van der Waals surface area contributed by atoms with Crippen molar-refractivity contribution in [2.45, 2.75) is 39.2 Å². The molecule has 5 nitrogen and oxygen atoms in total. The van der Waals surface area contributed by atoms with E-state index in [0.717, 1.165) is 0 Å². The number of hydrogen-bond acceptors (Lipinski definition) is 3. The maximum Gasteiger partial charge on any atom is 0.251 e. The van der Waals surface area contributed by atoms with E-state index in [2.05, 4.69) is 24.5 Å². The van der Waals surface area contributed by atoms with Crippen LogP contribution >= 0.6 is 0 Å². The molecule has 0 aromatic heterocycles. The fraction of sp³-hybridized carbons (Fsp3) is 0.400. The molecule has 1 aromatic rings. The van der Waals surface area contributed by atoms with Gasteiger partial charge in [-0.3, -0.25) is 19.7 Å². The molecule has 0 aliphatic carbocycles. The molecule has 112 valence electrons. The predicted molar refractivity (Wildman–Crippen MR) is 80.3 cm³/mol. The summed E-state index contributed by atoms with van der Waals surface area (Å²) in [6, 6.07) is 8.02. The van der Waals surface area contributed by atoms with Crippen molar-refractivity contribution in [3.8, 4) is 0 Å². The number of benzene rings is 1. The van der Waals surface area contributed by atoms with Crippen molar-refractivity contribution in [3.63, 3.8) is 0 Å². The Morgan fingerprint density at radius 3 is 2.45 bits per heavy atom. The van der Waals surface area contributed by atoms with Crippen LogP contribution < -0.4 is 10.6 Å². The molecule has 1 fully saturated rings. The van der Waals surface area contributed by atoms with E-state index in [1.807, 2.05) is 6.07 Å². The zero-order chi connectivity index (χ0) is 15.0. The van der Waals surface area contributed by atoms with Gasteiger partial charge in [0.2, 0.25) is 11.8 Å². The monoisotopic (exact) mass is 280 g/mol. The summed E-state index contributed by atoms with van der Waals surface area (Å²) in [5.41, 5.74) is 0.497. The van der Waals surface area contributed by atoms with Gasteiger partial charge in [0.1, 0.15) is 6.04 Å². The lowest BCUT2D eigenvalue weighted by Crippen LogP contribution is -2.52. The molecule has 5 heteroatoms. The Bertz CT molecular complexity index is 481. The van der Waals surface area contributed by atoms with Gasteiger partial charge in [-0.25, -0.2) is 0 Å². The van der Waals surface area contributed by atoms with Crippen LogP contribution in [0.4, 0.5) is 0 Å². The summed E-state index contributed by atoms with van der Waals surface area (Å²) in [5.74, 6) is -1.04. The maximum absolute atomic E-state index is 11.8. The summed E-state index contributed by atoms with van der Waals surface area (Å²) >= 11 is 0. The van der Waals surface area contributed by atoms with Crippen molar-refractivity contribution < 1.29 is 17.2 Å². The zero-order valence-electron chi connectivity index (χ0n) is 11.8. The van der Waals surface area contributed by atoms with E-state index >= 15 is 0 Å². The Morgan fingerprint density at radius 1 is 1.30 bits per heavy atom. The smallest absolute Gasteiger partial charge is 0.251 e. The molecule has 1 heterocycles. The van der Waals surface area contributed by atoms with Gasteiger partial charge in [0.05, 0.1) is 0 Å². The number of imide groups is 1. The van der Waals surface area contributed by atoms with Crippen molar-refractivity contribution in [3.05, 3.63) is 35.9 Å². The number of carbonyl (C=O) groups is 3. The third kappa shape index (κ3) is 4.84. The quantitative estimate of drug-likeness (QED) is 0.815. The first-order valence-corrected chi connectivity index (χ1v) is 6.78. The Balaban J connectivity index is 0. The van der Waals surface area contributed by atoms with Crippen molar-refractivity contribution in [2.75, 3.05) is 0 Å². The topological polar surface area (TPSA) is 75.3 Å². The van der Waals surface area contributed by atoms with Gasteiger partial charge in [0, 0.05) is 14.8 Å². The Labute approximate surface area is 121 Å². The van der Waals surface area contributed by atoms with Crippen LogP contribution in [-0.2, 0) is 9.59 Å². The first kappa shape index (κ1) is 15.9. The van der Waals surface area contributed by atoms with Gasteiger partial charge in [0.25, 0.3) is 5.91 Å². The average molecular weight is 280 g/mol. The highest BCUT2D eigenvalue weighted by atomic mass is 16.2. The van der Waals surface area contributed by atoms with Gasteiger partial charge in [-0.1, -0.05) is 38.5 Å². The fourth-order valence-corrected chi connectivity index (χ4v) is 1.66. The molecule has 2 N–H and O–H groups in total. The molecule has 0 bridgehead atoms. The summed E-state index contributed by atoms with van der Waals surface area (Å²) in [5, 5.41) is 4.80. The van der Waals surface area contributed by atoms with Crippen molar-refractivity contribution >= 4 is 17.7 Å². The minimum atomic E-state index is -0.625. The fourth-order valence-electron chi connectivity index (χ4n) is 1.66. The molecule has 2 rings (SSSR count). The number of piperidine rings is 1. The van der Waals surface area contributed by atoms with Crippen LogP contribution in [0.3, 0.4) is 0 Å². The summed E-state index contributed by atoms with van der Waals surface area (Å²) in [7, 11) is 0. The lowest BCUT2D eigenvalue weighted by atomic mass is 10.1. The highest BCUT2D eigenvalue weighted by Crippen LogP contribution is 2.06. The highest BCUT2D eigenvalue weighted by Gasteiger charge is 2.27. The lowest BCUT2D eigenvalue weighted by molar-refractivity contribution is -0.134. The molecule has 1 aliphatic heterocycles. The Morgan fingerprint density at radius 2 is 1.90 bits per heavy atom. The van der Waals surface area contributed by atoms with Crippen LogP contribution in [-0.4, -0.2) is 23.8 Å². The largest absolute Gasteiger partial charge is 0.340 e. The molecule has 1 atom stereocenters. The van der Waals surface area contributed by atoms with Gasteiger partial charge in [-0.2, -0.15) is 0 Å². The van der Waals surface area contributed by atoms with Gasteiger partial charge in [-0.05, 0) is 18.6 Å². The highest BCUT2D eigenvalue weighted by molar-refractivity contribution is 6.03. The van der Waals surface area contributed by atoms with Gasteiger partial charge in [0.15, 0.2) is 0 Å². The van der Waals surface area contributed by atoms with Crippen LogP contribution in [0, 0.1) is 0 Å². The normalized spacial score (nSPS) is 17.6. The van der Waals surface area contributed by atoms with Crippen molar-refractivity contribution in [2.24, 2.45) is 0 Å². The minimum absolute atomic E-state index is 0. The van der Waals surface area contributed by atoms with Crippen molar-refractivity contribution in [1.29, 1.82) is 0 Å². The standard InChI is InChI=1S/C12H12N2O3.C3H8.2H2/c15-10-7-6-9(12(17)14-10)13-11(16)8-4-2-1-3-5-8;1-3-2;;/h1-5,9H,6-7H2,(H,13,16)(H,14,15,17);3H2,1-2H3;2*1H. The SMILES string of the molecule is CCC.O=C1CCC(NC(=O)c2ccccc2)C(=O)N1.[HH].[HH]. The van der Waals surface area contributed by atoms with Crippen molar-refractivity contribution in [1.82, 2.24) is 10.6 Å². The van der Waals surface area contributed by atoms with Gasteiger partial charge >= 0.3 is 0 Å². The molecule has 1 saturated heterocycles. The number of amides is 3. The average Bonchev–Trinajstić information content (AvgIpc) is 2.44. The predicted octanol–water partition coefficient (Wildman–Crippen LogP) is 2.13. The van der Waals surface area contributed by atoms with Crippen LogP contribution in [0.15, 0.2) is 30.3 Å². The zero-order valence-corrected chi connectivity index (χ0v) is 11.8. The number of carbonyl (C=O) groups excluding carboxylic acids is 3. The summed E-state index contributed by atoms with van der Waals surface area (Å²) in [6.07, 6.45) is 1.86. The second-order valence-corrected chi connectivity index (χ2v) is 4.55. The molecule has 20 heavy (non-hydrogen) atoms. The molecule has 0 radical (unpaired) electrons. The second kappa shape index (κ2) is 8.09. The van der Waals surface area contributed by atoms with E-state index in [1.54, 1.807) is 24.3 Å². The van der Waals surface area contributed by atoms with Crippen LogP contribution in [0.1, 0.15) is 46.3 Å². The first-order valence-electron chi connectivity index (χ1n) is 6.78. The number of hydrogen-bond donors (Lipinski definition) is 2. The molecule has 1 aliphatic rings. The van der Waals surface area contributed by atoms with Gasteiger partial charge < -0.3 is 5.32 Å². The molecular formula is C15H24N2O3. The molecular weight excluding hydrogens is 256 g/mol. The van der Waals surface area contributed by atoms with Crippen LogP contribution in [0.2, 0.25) is 0 Å². The second-order valence-electron chi connectivity index (χ2n) is 4.55. The molecule has 0 saturated carbocycles. The molecule has 0 spiro atoms. The first-order chi connectivity index (χ1) is 9.58. The summed E-state index contributed by atoms with van der Waals surface area (Å²) < 4.78 is 0. The minimum Gasteiger partial charge on any atom is -0.340 e. The Hall–Kier alpha value is -2.17. The molecule has 1 aromatic carbocycles. The third-order valence-corrected chi connectivity index (χ3v) is 2.58. The third-order valence-electron chi connectivity index (χ3n) is 2.58. The Kier molecular flexibility index (Phi) is 6.43.